The third-order valence-corrected chi connectivity index (χ3v) is 10.5. The molecule has 5 rings (SSSR count). The molecule has 1 saturated heterocycles. The van der Waals surface area contributed by atoms with Crippen LogP contribution in [-0.2, 0) is 24.8 Å². The van der Waals surface area contributed by atoms with Crippen molar-refractivity contribution in [1.82, 2.24) is 9.62 Å². The number of ether oxygens (including phenoxy) is 2. The Labute approximate surface area is 234 Å². The van der Waals surface area contributed by atoms with Gasteiger partial charge in [0.05, 0.1) is 28.6 Å². The number of carbonyl (C=O) groups is 1. The molecule has 3 aromatic carbocycles. The first-order valence-electron chi connectivity index (χ1n) is 13.0. The van der Waals surface area contributed by atoms with Gasteiger partial charge in [-0.05, 0) is 73.9 Å². The van der Waals surface area contributed by atoms with Crippen molar-refractivity contribution in [3.63, 3.8) is 0 Å². The van der Waals surface area contributed by atoms with Gasteiger partial charge in [-0.1, -0.05) is 24.3 Å². The average Bonchev–Trinajstić information content (AvgIpc) is 3.52. The summed E-state index contributed by atoms with van der Waals surface area (Å²) in [6.07, 6.45) is 0.666. The number of nitrogens with one attached hydrogen (secondary N) is 1. The summed E-state index contributed by atoms with van der Waals surface area (Å²) in [6.45, 7) is 3.00. The summed E-state index contributed by atoms with van der Waals surface area (Å²) >= 11 is 0. The highest BCUT2D eigenvalue weighted by Gasteiger charge is 2.37. The summed E-state index contributed by atoms with van der Waals surface area (Å²) in [5.74, 6) is 0.292. The van der Waals surface area contributed by atoms with E-state index in [-0.39, 0.29) is 29.5 Å². The molecule has 0 spiro atoms. The fourth-order valence-electron chi connectivity index (χ4n) is 4.69. The van der Waals surface area contributed by atoms with Crippen LogP contribution >= 0.6 is 0 Å². The van der Waals surface area contributed by atoms with Gasteiger partial charge in [-0.25, -0.2) is 16.8 Å². The molecule has 1 amide bonds. The Hall–Kier alpha value is -3.61. The number of carbonyl (C=O) groups excluding carboxylic acids is 1. The molecule has 1 N–H and O–H groups in total. The molecule has 1 atom stereocenters. The van der Waals surface area contributed by atoms with Gasteiger partial charge >= 0.3 is 0 Å². The Bertz CT molecular complexity index is 1570. The van der Waals surface area contributed by atoms with Crippen molar-refractivity contribution in [2.24, 2.45) is 0 Å². The first-order chi connectivity index (χ1) is 19.2. The van der Waals surface area contributed by atoms with Crippen molar-refractivity contribution in [3.8, 4) is 11.5 Å². The molecular weight excluding hydrogens is 554 g/mol. The van der Waals surface area contributed by atoms with Crippen LogP contribution in [0.25, 0.3) is 0 Å². The highest BCUT2D eigenvalue weighted by atomic mass is 32.2. The summed E-state index contributed by atoms with van der Waals surface area (Å²) in [5, 5.41) is 2.74. The average molecular weight is 586 g/mol. The second kappa shape index (κ2) is 11.5. The lowest BCUT2D eigenvalue weighted by atomic mass is 10.1. The van der Waals surface area contributed by atoms with E-state index in [0.29, 0.717) is 30.3 Å². The van der Waals surface area contributed by atoms with E-state index in [1.165, 1.54) is 32.9 Å². The van der Waals surface area contributed by atoms with Crippen molar-refractivity contribution >= 4 is 31.6 Å². The predicted octanol–water partition coefficient (Wildman–Crippen LogP) is 2.93. The largest absolute Gasteiger partial charge is 0.492 e. The van der Waals surface area contributed by atoms with Crippen LogP contribution in [-0.4, -0.2) is 65.9 Å². The minimum Gasteiger partial charge on any atom is -0.492 e. The van der Waals surface area contributed by atoms with Crippen LogP contribution in [0, 0.1) is 6.92 Å². The van der Waals surface area contributed by atoms with Crippen LogP contribution < -0.4 is 19.1 Å². The van der Waals surface area contributed by atoms with Gasteiger partial charge in [0.15, 0.2) is 6.10 Å². The van der Waals surface area contributed by atoms with E-state index in [4.69, 9.17) is 9.47 Å². The van der Waals surface area contributed by atoms with Crippen molar-refractivity contribution in [2.45, 2.75) is 35.7 Å². The molecule has 0 bridgehead atoms. The quantitative estimate of drug-likeness (QED) is 0.383. The molecular formula is C28H31N3O7S2. The molecule has 1 fully saturated rings. The Morgan fingerprint density at radius 2 is 1.60 bits per heavy atom. The van der Waals surface area contributed by atoms with E-state index in [2.05, 4.69) is 5.32 Å². The zero-order chi connectivity index (χ0) is 28.3. The van der Waals surface area contributed by atoms with Crippen LogP contribution in [0.5, 0.6) is 11.5 Å². The lowest BCUT2D eigenvalue weighted by molar-refractivity contribution is -0.127. The lowest BCUT2D eigenvalue weighted by Gasteiger charge is -2.35. The molecule has 12 heteroatoms. The van der Waals surface area contributed by atoms with Crippen LogP contribution in [0.1, 0.15) is 18.4 Å². The second-order valence-corrected chi connectivity index (χ2v) is 13.4. The standard InChI is InChI=1S/C28H31N3O7S2/c1-21-9-14-26-25(19-21)31(40(35,36)23-7-3-2-4-8-23)20-27(38-26)28(32)29-15-18-37-22-10-12-24(13-11-22)39(33,34)30-16-5-6-17-30/h2-4,7-14,19,27H,5-6,15-18,20H2,1H3,(H,29,32). The molecule has 0 aliphatic carbocycles. The fourth-order valence-corrected chi connectivity index (χ4v) is 7.69. The maximum atomic E-state index is 13.5. The van der Waals surface area contributed by atoms with Gasteiger partial charge in [0, 0.05) is 13.1 Å². The van der Waals surface area contributed by atoms with Crippen molar-refractivity contribution in [3.05, 3.63) is 78.4 Å². The van der Waals surface area contributed by atoms with Gasteiger partial charge in [-0.15, -0.1) is 0 Å². The minimum absolute atomic E-state index is 0.121. The van der Waals surface area contributed by atoms with Gasteiger partial charge < -0.3 is 14.8 Å². The fraction of sp³-hybridized carbons (Fsp3) is 0.321. The van der Waals surface area contributed by atoms with Crippen LogP contribution in [0.3, 0.4) is 0 Å². The first kappa shape index (κ1) is 27.9. The first-order valence-corrected chi connectivity index (χ1v) is 15.9. The predicted molar refractivity (Wildman–Crippen MR) is 150 cm³/mol. The number of sulfonamides is 2. The third kappa shape index (κ3) is 5.79. The summed E-state index contributed by atoms with van der Waals surface area (Å²) in [7, 11) is -7.44. The van der Waals surface area contributed by atoms with Crippen molar-refractivity contribution < 1.29 is 31.1 Å². The molecule has 40 heavy (non-hydrogen) atoms. The molecule has 0 aromatic heterocycles. The normalized spacial score (nSPS) is 17.6. The number of hydrogen-bond donors (Lipinski definition) is 1. The van der Waals surface area contributed by atoms with Gasteiger partial charge in [0.1, 0.15) is 18.1 Å². The monoisotopic (exact) mass is 585 g/mol. The highest BCUT2D eigenvalue weighted by Crippen LogP contribution is 2.37. The Balaban J connectivity index is 1.20. The number of anilines is 1. The number of benzene rings is 3. The Morgan fingerprint density at radius 1 is 0.925 bits per heavy atom. The molecule has 10 nitrogen and oxygen atoms in total. The van der Waals surface area contributed by atoms with Gasteiger partial charge in [-0.3, -0.25) is 9.10 Å². The third-order valence-electron chi connectivity index (χ3n) is 6.80. The topological polar surface area (TPSA) is 122 Å². The zero-order valence-corrected chi connectivity index (χ0v) is 23.7. The number of amides is 1. The summed E-state index contributed by atoms with van der Waals surface area (Å²) in [6, 6.07) is 19.4. The minimum atomic E-state index is -3.94. The number of fused-ring (bicyclic) bond motifs is 1. The Kier molecular flexibility index (Phi) is 8.02. The molecule has 3 aromatic rings. The van der Waals surface area contributed by atoms with E-state index in [0.717, 1.165) is 18.4 Å². The Morgan fingerprint density at radius 3 is 2.30 bits per heavy atom. The molecule has 2 heterocycles. The summed E-state index contributed by atoms with van der Waals surface area (Å²) < 4.78 is 66.6. The number of nitrogens with zero attached hydrogens (tertiary/aromatic N) is 2. The van der Waals surface area contributed by atoms with E-state index in [1.807, 2.05) is 6.92 Å². The number of hydrogen-bond acceptors (Lipinski definition) is 7. The van der Waals surface area contributed by atoms with E-state index < -0.39 is 32.1 Å². The van der Waals surface area contributed by atoms with Crippen LogP contribution in [0.2, 0.25) is 0 Å². The van der Waals surface area contributed by atoms with Crippen LogP contribution in [0.15, 0.2) is 82.6 Å². The molecule has 0 saturated carbocycles. The van der Waals surface area contributed by atoms with E-state index in [9.17, 15) is 21.6 Å². The van der Waals surface area contributed by atoms with Gasteiger partial charge in [0.25, 0.3) is 15.9 Å². The van der Waals surface area contributed by atoms with E-state index >= 15 is 0 Å². The van der Waals surface area contributed by atoms with Gasteiger partial charge in [0.2, 0.25) is 10.0 Å². The highest BCUT2D eigenvalue weighted by molar-refractivity contribution is 7.92. The van der Waals surface area contributed by atoms with Crippen LogP contribution in [0.4, 0.5) is 5.69 Å². The lowest BCUT2D eigenvalue weighted by Crippen LogP contribution is -2.51. The number of aryl methyl sites for hydroxylation is 1. The zero-order valence-electron chi connectivity index (χ0n) is 22.0. The molecule has 2 aliphatic rings. The molecule has 0 radical (unpaired) electrons. The maximum absolute atomic E-state index is 13.5. The molecule has 212 valence electrons. The number of rotatable bonds is 9. The smallest absolute Gasteiger partial charge is 0.264 e. The SMILES string of the molecule is Cc1ccc2c(c1)N(S(=O)(=O)c1ccccc1)CC(C(=O)NCCOc1ccc(S(=O)(=O)N3CCCC3)cc1)O2. The van der Waals surface area contributed by atoms with Crippen molar-refractivity contribution in [2.75, 3.05) is 37.1 Å². The van der Waals surface area contributed by atoms with E-state index in [1.54, 1.807) is 48.5 Å². The molecule has 2 aliphatic heterocycles. The van der Waals surface area contributed by atoms with Gasteiger partial charge in [-0.2, -0.15) is 4.31 Å². The van der Waals surface area contributed by atoms with Crippen molar-refractivity contribution in [1.29, 1.82) is 0 Å². The molecule has 1 unspecified atom stereocenters. The second-order valence-electron chi connectivity index (χ2n) is 9.65. The summed E-state index contributed by atoms with van der Waals surface area (Å²) in [4.78, 5) is 13.3. The maximum Gasteiger partial charge on any atom is 0.264 e. The summed E-state index contributed by atoms with van der Waals surface area (Å²) in [5.41, 5.74) is 1.24.